The van der Waals surface area contributed by atoms with E-state index in [1.165, 1.54) is 24.3 Å². The number of nitrogens with two attached hydrogens (primary N) is 1. The van der Waals surface area contributed by atoms with E-state index < -0.39 is 17.1 Å². The highest BCUT2D eigenvalue weighted by molar-refractivity contribution is 8.00. The van der Waals surface area contributed by atoms with E-state index in [4.69, 9.17) is 5.73 Å². The van der Waals surface area contributed by atoms with Gasteiger partial charge in [0, 0.05) is 5.75 Å². The fraction of sp³-hybridized carbons (Fsp3) is 0.500. The van der Waals surface area contributed by atoms with Crippen LogP contribution < -0.4 is 5.73 Å². The Balaban J connectivity index is 2.19. The van der Waals surface area contributed by atoms with E-state index in [1.807, 2.05) is 0 Å². The molecule has 9 heteroatoms. The minimum Gasteiger partial charge on any atom is -0.393 e. The van der Waals surface area contributed by atoms with Crippen molar-refractivity contribution >= 4 is 28.9 Å². The summed E-state index contributed by atoms with van der Waals surface area (Å²) in [5.41, 5.74) is 6.48. The maximum Gasteiger partial charge on any atom is 0.222 e. The molecule has 0 saturated carbocycles. The van der Waals surface area contributed by atoms with Crippen LogP contribution in [0.4, 0.5) is 5.95 Å². The van der Waals surface area contributed by atoms with Gasteiger partial charge in [0.2, 0.25) is 5.95 Å². The first-order valence-electron chi connectivity index (χ1n) is 5.65. The number of hydrogen-bond donors (Lipinski definition) is 4. The Kier molecular flexibility index (Phi) is 2.86. The van der Waals surface area contributed by atoms with Gasteiger partial charge in [0.05, 0.1) is 25.2 Å². The molecule has 0 spiro atoms. The molecule has 0 bridgehead atoms. The van der Waals surface area contributed by atoms with Crippen LogP contribution >= 0.6 is 11.8 Å². The van der Waals surface area contributed by atoms with Gasteiger partial charge < -0.3 is 21.1 Å². The summed E-state index contributed by atoms with van der Waals surface area (Å²) in [6.45, 7) is -0.356. The molecule has 19 heavy (non-hydrogen) atoms. The van der Waals surface area contributed by atoms with E-state index in [9.17, 15) is 15.3 Å². The van der Waals surface area contributed by atoms with Crippen molar-refractivity contribution in [3.8, 4) is 0 Å². The Morgan fingerprint density at radius 3 is 2.89 bits per heavy atom. The minimum absolute atomic E-state index is 0.0837. The topological polar surface area (TPSA) is 130 Å². The molecule has 0 unspecified atom stereocenters. The summed E-state index contributed by atoms with van der Waals surface area (Å²) in [5, 5.41) is 29.6. The minimum atomic E-state index is -1.11. The van der Waals surface area contributed by atoms with E-state index in [-0.39, 0.29) is 12.6 Å². The smallest absolute Gasteiger partial charge is 0.222 e. The number of aliphatic hydroxyl groups is 3. The molecule has 0 aromatic carbocycles. The monoisotopic (exact) mass is 283 g/mol. The van der Waals surface area contributed by atoms with E-state index in [0.29, 0.717) is 16.9 Å². The number of aliphatic hydroxyl groups excluding tert-OH is 3. The number of thioether (sulfide) groups is 1. The molecule has 3 heterocycles. The second kappa shape index (κ2) is 4.30. The van der Waals surface area contributed by atoms with Gasteiger partial charge >= 0.3 is 0 Å². The molecule has 3 atom stereocenters. The highest BCUT2D eigenvalue weighted by Gasteiger charge is 2.50. The number of imidazole rings is 1. The van der Waals surface area contributed by atoms with Crippen LogP contribution in [-0.4, -0.2) is 59.4 Å². The number of anilines is 1. The third kappa shape index (κ3) is 1.70. The molecule has 3 rings (SSSR count). The third-order valence-electron chi connectivity index (χ3n) is 3.27. The summed E-state index contributed by atoms with van der Waals surface area (Å²) < 4.78 is 1.55. The average Bonchev–Trinajstić information content (AvgIpc) is 2.94. The number of nitrogens with zero attached hydrogens (tertiary/aromatic N) is 4. The molecule has 2 aromatic heterocycles. The van der Waals surface area contributed by atoms with Crippen molar-refractivity contribution in [2.24, 2.45) is 0 Å². The summed E-state index contributed by atoms with van der Waals surface area (Å²) in [5.74, 6) is 0.405. The van der Waals surface area contributed by atoms with Crippen molar-refractivity contribution in [3.05, 3.63) is 12.5 Å². The molecule has 1 fully saturated rings. The Morgan fingerprint density at radius 2 is 2.26 bits per heavy atom. The van der Waals surface area contributed by atoms with Crippen LogP contribution in [0.1, 0.15) is 0 Å². The quantitative estimate of drug-likeness (QED) is 0.525. The van der Waals surface area contributed by atoms with E-state index in [0.717, 1.165) is 0 Å². The third-order valence-corrected chi connectivity index (χ3v) is 4.85. The van der Waals surface area contributed by atoms with Crippen molar-refractivity contribution < 1.29 is 15.3 Å². The molecule has 1 aliphatic rings. The fourth-order valence-corrected chi connectivity index (χ4v) is 3.57. The number of rotatable bonds is 2. The van der Waals surface area contributed by atoms with Crippen LogP contribution in [0.2, 0.25) is 0 Å². The van der Waals surface area contributed by atoms with Gasteiger partial charge in [-0.15, -0.1) is 11.8 Å². The Bertz CT molecular complexity index is 620. The van der Waals surface area contributed by atoms with Gasteiger partial charge in [-0.2, -0.15) is 4.98 Å². The van der Waals surface area contributed by atoms with Crippen molar-refractivity contribution in [2.75, 3.05) is 18.1 Å². The van der Waals surface area contributed by atoms with Gasteiger partial charge in [0.1, 0.15) is 16.5 Å². The summed E-state index contributed by atoms with van der Waals surface area (Å²) in [6.07, 6.45) is 0.912. The molecule has 102 valence electrons. The van der Waals surface area contributed by atoms with Crippen LogP contribution in [0.3, 0.4) is 0 Å². The maximum absolute atomic E-state index is 10.2. The first kappa shape index (κ1) is 12.6. The van der Waals surface area contributed by atoms with Crippen LogP contribution in [0.25, 0.3) is 11.2 Å². The molecule has 0 amide bonds. The van der Waals surface area contributed by atoms with Gasteiger partial charge in [0.25, 0.3) is 0 Å². The Hall–Kier alpha value is -1.42. The maximum atomic E-state index is 10.2. The first-order chi connectivity index (χ1) is 9.08. The van der Waals surface area contributed by atoms with E-state index in [2.05, 4.69) is 15.0 Å². The van der Waals surface area contributed by atoms with Crippen molar-refractivity contribution in [2.45, 2.75) is 17.1 Å². The Labute approximate surface area is 112 Å². The van der Waals surface area contributed by atoms with E-state index in [1.54, 1.807) is 4.57 Å². The van der Waals surface area contributed by atoms with Crippen molar-refractivity contribution in [1.29, 1.82) is 0 Å². The predicted molar refractivity (Wildman–Crippen MR) is 69.3 cm³/mol. The van der Waals surface area contributed by atoms with Crippen molar-refractivity contribution in [1.82, 2.24) is 19.5 Å². The van der Waals surface area contributed by atoms with Gasteiger partial charge in [-0.3, -0.25) is 4.57 Å². The molecule has 1 saturated heterocycles. The number of hydrogen-bond acceptors (Lipinski definition) is 8. The highest BCUT2D eigenvalue weighted by Crippen LogP contribution is 2.43. The summed E-state index contributed by atoms with van der Waals surface area (Å²) in [4.78, 5) is 10.9. The molecule has 0 aliphatic carbocycles. The fourth-order valence-electron chi connectivity index (χ4n) is 2.23. The molecule has 0 radical (unpaired) electrons. The summed E-state index contributed by atoms with van der Waals surface area (Å²) in [7, 11) is 0. The highest BCUT2D eigenvalue weighted by atomic mass is 32.2. The summed E-state index contributed by atoms with van der Waals surface area (Å²) >= 11 is 1.26. The normalized spacial score (nSPS) is 31.1. The molecular weight excluding hydrogens is 270 g/mol. The first-order valence-corrected chi connectivity index (χ1v) is 6.64. The van der Waals surface area contributed by atoms with Crippen LogP contribution in [-0.2, 0) is 4.87 Å². The van der Waals surface area contributed by atoms with Gasteiger partial charge in [-0.1, -0.05) is 0 Å². The van der Waals surface area contributed by atoms with Gasteiger partial charge in [-0.05, 0) is 0 Å². The lowest BCUT2D eigenvalue weighted by Crippen LogP contribution is -2.45. The lowest BCUT2D eigenvalue weighted by Gasteiger charge is -2.31. The van der Waals surface area contributed by atoms with Gasteiger partial charge in [0.15, 0.2) is 5.65 Å². The second-order valence-corrected chi connectivity index (χ2v) is 5.71. The molecule has 8 nitrogen and oxygen atoms in total. The largest absolute Gasteiger partial charge is 0.393 e. The zero-order valence-corrected chi connectivity index (χ0v) is 10.7. The zero-order chi connectivity index (χ0) is 13.6. The van der Waals surface area contributed by atoms with Crippen LogP contribution in [0.5, 0.6) is 0 Å². The number of aromatic nitrogens is 4. The van der Waals surface area contributed by atoms with Crippen LogP contribution in [0, 0.1) is 0 Å². The molecule has 1 aliphatic heterocycles. The number of nitrogen functional groups attached to an aromatic ring is 1. The lowest BCUT2D eigenvalue weighted by molar-refractivity contribution is -0.0178. The van der Waals surface area contributed by atoms with Crippen LogP contribution in [0.15, 0.2) is 12.5 Å². The van der Waals surface area contributed by atoms with Gasteiger partial charge in [-0.25, -0.2) is 9.97 Å². The van der Waals surface area contributed by atoms with Crippen molar-refractivity contribution in [3.63, 3.8) is 0 Å². The SMILES string of the molecule is Nc1ncc2ncn([C@]3(CO)SC[C@@H](O)[C@@H]3O)c2n1. The molecule has 2 aromatic rings. The number of fused-ring (bicyclic) bond motifs is 1. The lowest BCUT2D eigenvalue weighted by atomic mass is 10.1. The summed E-state index contributed by atoms with van der Waals surface area (Å²) in [6, 6.07) is 0. The average molecular weight is 283 g/mol. The van der Waals surface area contributed by atoms with E-state index >= 15 is 0 Å². The molecule has 5 N–H and O–H groups in total. The standard InChI is InChI=1S/C10H13N5O3S/c11-9-12-1-5-8(14-9)15(4-13-5)10(3-16)7(18)6(17)2-19-10/h1,4,6-7,16-18H,2-3H2,(H2,11,12,14)/t6-,7+,10-/m1/s1. The predicted octanol–water partition coefficient (Wildman–Crippen LogP) is -1.48. The Morgan fingerprint density at radius 1 is 1.47 bits per heavy atom. The second-order valence-electron chi connectivity index (χ2n) is 4.38. The molecular formula is C10H13N5O3S. The zero-order valence-electron chi connectivity index (χ0n) is 9.84.